The van der Waals surface area contributed by atoms with Crippen molar-refractivity contribution in [3.05, 3.63) is 23.3 Å². The van der Waals surface area contributed by atoms with Crippen LogP contribution in [0.1, 0.15) is 37.3 Å². The number of hydrogen-bond acceptors (Lipinski definition) is 3. The minimum absolute atomic E-state index is 0.0430. The molecule has 1 aliphatic rings. The Labute approximate surface area is 115 Å². The molecule has 0 heterocycles. The monoisotopic (exact) mass is 282 g/mol. The highest BCUT2D eigenvalue weighted by atomic mass is 32.2. The molecule has 1 aromatic rings. The Balaban J connectivity index is 2.20. The molecule has 0 bridgehead atoms. The lowest BCUT2D eigenvalue weighted by molar-refractivity contribution is 0.530. The van der Waals surface area contributed by atoms with Gasteiger partial charge in [0.25, 0.3) is 0 Å². The van der Waals surface area contributed by atoms with E-state index >= 15 is 0 Å². The van der Waals surface area contributed by atoms with Crippen molar-refractivity contribution in [2.45, 2.75) is 51.0 Å². The smallest absolute Gasteiger partial charge is 0.242 e. The first-order valence-corrected chi connectivity index (χ1v) is 8.17. The number of benzene rings is 1. The highest BCUT2D eigenvalue weighted by Gasteiger charge is 2.27. The Kier molecular flexibility index (Phi) is 3.87. The second-order valence-corrected chi connectivity index (χ2v) is 7.36. The predicted molar refractivity (Wildman–Crippen MR) is 77.5 cm³/mol. The molecule has 5 heteroatoms. The third-order valence-electron chi connectivity index (χ3n) is 3.66. The SMILES string of the molecule is Cc1cc(N)c(S(=O)(=O)NC(C)CC2CC2)cc1C. The third-order valence-corrected chi connectivity index (χ3v) is 5.30. The molecule has 0 aromatic heterocycles. The van der Waals surface area contributed by atoms with Crippen LogP contribution < -0.4 is 10.5 Å². The minimum Gasteiger partial charge on any atom is -0.398 e. The fraction of sp³-hybridized carbons (Fsp3) is 0.571. The number of aryl methyl sites for hydroxylation is 2. The third kappa shape index (κ3) is 3.48. The molecule has 3 N–H and O–H groups in total. The largest absolute Gasteiger partial charge is 0.398 e. The van der Waals surface area contributed by atoms with E-state index in [9.17, 15) is 8.42 Å². The second-order valence-electron chi connectivity index (χ2n) is 5.68. The molecule has 4 nitrogen and oxygen atoms in total. The highest BCUT2D eigenvalue weighted by molar-refractivity contribution is 7.89. The number of sulfonamides is 1. The average molecular weight is 282 g/mol. The van der Waals surface area contributed by atoms with Gasteiger partial charge in [0.1, 0.15) is 4.90 Å². The Hall–Kier alpha value is -1.07. The molecular formula is C14H22N2O2S. The second kappa shape index (κ2) is 5.13. The Morgan fingerprint density at radius 1 is 1.32 bits per heavy atom. The topological polar surface area (TPSA) is 72.2 Å². The van der Waals surface area contributed by atoms with Gasteiger partial charge in [-0.05, 0) is 56.4 Å². The number of nitrogen functional groups attached to an aromatic ring is 1. The lowest BCUT2D eigenvalue weighted by atomic mass is 10.1. The summed E-state index contributed by atoms with van der Waals surface area (Å²) < 4.78 is 27.4. The van der Waals surface area contributed by atoms with E-state index in [4.69, 9.17) is 5.73 Å². The summed E-state index contributed by atoms with van der Waals surface area (Å²) in [7, 11) is -3.52. The Bertz CT molecular complexity index is 577. The van der Waals surface area contributed by atoms with Crippen molar-refractivity contribution in [3.8, 4) is 0 Å². The maximum Gasteiger partial charge on any atom is 0.242 e. The van der Waals surface area contributed by atoms with Crippen LogP contribution in [0.15, 0.2) is 17.0 Å². The van der Waals surface area contributed by atoms with E-state index in [-0.39, 0.29) is 10.9 Å². The Morgan fingerprint density at radius 3 is 2.47 bits per heavy atom. The molecule has 19 heavy (non-hydrogen) atoms. The molecule has 0 spiro atoms. The highest BCUT2D eigenvalue weighted by Crippen LogP contribution is 2.33. The van der Waals surface area contributed by atoms with Gasteiger partial charge < -0.3 is 5.73 Å². The predicted octanol–water partition coefficient (Wildman–Crippen LogP) is 2.35. The minimum atomic E-state index is -3.52. The van der Waals surface area contributed by atoms with Gasteiger partial charge in [0.15, 0.2) is 0 Å². The molecule has 0 saturated heterocycles. The zero-order valence-electron chi connectivity index (χ0n) is 11.7. The molecule has 0 radical (unpaired) electrons. The van der Waals surface area contributed by atoms with Crippen LogP contribution in [0.5, 0.6) is 0 Å². The van der Waals surface area contributed by atoms with Gasteiger partial charge in [0.05, 0.1) is 5.69 Å². The lowest BCUT2D eigenvalue weighted by Gasteiger charge is -2.16. The zero-order chi connectivity index (χ0) is 14.2. The van der Waals surface area contributed by atoms with Crippen LogP contribution in [0.4, 0.5) is 5.69 Å². The van der Waals surface area contributed by atoms with Crippen molar-refractivity contribution in [1.82, 2.24) is 4.72 Å². The molecule has 1 unspecified atom stereocenters. The molecule has 1 saturated carbocycles. The van der Waals surface area contributed by atoms with Crippen LogP contribution in [0, 0.1) is 19.8 Å². The van der Waals surface area contributed by atoms with Gasteiger partial charge in [0, 0.05) is 6.04 Å². The number of nitrogens with two attached hydrogens (primary N) is 1. The number of hydrogen-bond donors (Lipinski definition) is 2. The first kappa shape index (κ1) is 14.3. The fourth-order valence-corrected chi connectivity index (χ4v) is 3.73. The van der Waals surface area contributed by atoms with Gasteiger partial charge in [-0.2, -0.15) is 0 Å². The molecule has 2 rings (SSSR count). The van der Waals surface area contributed by atoms with E-state index in [1.807, 2.05) is 20.8 Å². The van der Waals surface area contributed by atoms with Gasteiger partial charge in [-0.15, -0.1) is 0 Å². The van der Waals surface area contributed by atoms with Crippen LogP contribution in [0.25, 0.3) is 0 Å². The summed E-state index contributed by atoms with van der Waals surface area (Å²) in [4.78, 5) is 0.193. The van der Waals surface area contributed by atoms with Gasteiger partial charge in [-0.3, -0.25) is 0 Å². The van der Waals surface area contributed by atoms with Crippen molar-refractivity contribution in [1.29, 1.82) is 0 Å². The van der Waals surface area contributed by atoms with Crippen molar-refractivity contribution in [2.24, 2.45) is 5.92 Å². The number of anilines is 1. The summed E-state index contributed by atoms with van der Waals surface area (Å²) in [5.74, 6) is 0.690. The molecule has 1 atom stereocenters. The number of nitrogens with one attached hydrogen (secondary N) is 1. The summed E-state index contributed by atoms with van der Waals surface area (Å²) in [6.45, 7) is 5.72. The standard InChI is InChI=1S/C14H22N2O2S/c1-9-6-13(15)14(7-10(9)2)19(17,18)16-11(3)8-12-4-5-12/h6-7,11-12,16H,4-5,8,15H2,1-3H3. The van der Waals surface area contributed by atoms with Crippen molar-refractivity contribution < 1.29 is 8.42 Å². The Morgan fingerprint density at radius 2 is 1.89 bits per heavy atom. The maximum absolute atomic E-state index is 12.3. The molecule has 106 valence electrons. The van der Waals surface area contributed by atoms with E-state index in [2.05, 4.69) is 4.72 Å². The van der Waals surface area contributed by atoms with Gasteiger partial charge in [-0.1, -0.05) is 12.8 Å². The quantitative estimate of drug-likeness (QED) is 0.814. The maximum atomic E-state index is 12.3. The van der Waals surface area contributed by atoms with E-state index in [0.717, 1.165) is 17.5 Å². The lowest BCUT2D eigenvalue weighted by Crippen LogP contribution is -2.33. The molecule has 0 aliphatic heterocycles. The molecule has 1 aromatic carbocycles. The number of rotatable bonds is 5. The summed E-state index contributed by atoms with van der Waals surface area (Å²) in [5.41, 5.74) is 8.10. The van der Waals surface area contributed by atoms with Crippen LogP contribution in [-0.2, 0) is 10.0 Å². The summed E-state index contributed by atoms with van der Waals surface area (Å²) in [6.07, 6.45) is 3.35. The van der Waals surface area contributed by atoms with Crippen molar-refractivity contribution >= 4 is 15.7 Å². The van der Waals surface area contributed by atoms with Crippen molar-refractivity contribution in [2.75, 3.05) is 5.73 Å². The first-order valence-electron chi connectivity index (χ1n) is 6.68. The first-order chi connectivity index (χ1) is 8.79. The average Bonchev–Trinajstić information content (AvgIpc) is 3.05. The van der Waals surface area contributed by atoms with Crippen molar-refractivity contribution in [3.63, 3.8) is 0 Å². The molecular weight excluding hydrogens is 260 g/mol. The fourth-order valence-electron chi connectivity index (χ4n) is 2.27. The van der Waals surface area contributed by atoms with Gasteiger partial charge in [-0.25, -0.2) is 13.1 Å². The molecule has 0 amide bonds. The summed E-state index contributed by atoms with van der Waals surface area (Å²) in [6, 6.07) is 3.32. The van der Waals surface area contributed by atoms with Gasteiger partial charge >= 0.3 is 0 Å². The van der Waals surface area contributed by atoms with Crippen LogP contribution >= 0.6 is 0 Å². The van der Waals surface area contributed by atoms with Crippen LogP contribution in [0.2, 0.25) is 0 Å². The molecule has 1 aliphatic carbocycles. The zero-order valence-corrected chi connectivity index (χ0v) is 12.5. The normalized spacial score (nSPS) is 17.4. The van der Waals surface area contributed by atoms with E-state index in [1.54, 1.807) is 12.1 Å². The van der Waals surface area contributed by atoms with Crippen LogP contribution in [-0.4, -0.2) is 14.5 Å². The molecule has 1 fully saturated rings. The van der Waals surface area contributed by atoms with Gasteiger partial charge in [0.2, 0.25) is 10.0 Å². The summed E-state index contributed by atoms with van der Waals surface area (Å²) in [5, 5.41) is 0. The van der Waals surface area contributed by atoms with Crippen LogP contribution in [0.3, 0.4) is 0 Å². The summed E-state index contributed by atoms with van der Waals surface area (Å²) >= 11 is 0. The van der Waals surface area contributed by atoms with E-state index in [0.29, 0.717) is 11.6 Å². The van der Waals surface area contributed by atoms with E-state index < -0.39 is 10.0 Å². The van der Waals surface area contributed by atoms with E-state index in [1.165, 1.54) is 12.8 Å².